The molecule has 0 saturated heterocycles. The number of carboxylic acids is 1. The number of H-pyrrole nitrogens is 1. The van der Waals surface area contributed by atoms with Crippen LogP contribution in [0.5, 0.6) is 0 Å². The highest BCUT2D eigenvalue weighted by molar-refractivity contribution is 7.89. The number of benzene rings is 1. The molecule has 1 aromatic carbocycles. The highest BCUT2D eigenvalue weighted by atomic mass is 32.2. The number of carboxylic acid groups (broad SMARTS) is 1. The maximum atomic E-state index is 12.4. The van der Waals surface area contributed by atoms with Gasteiger partial charge in [-0.15, -0.1) is 0 Å². The first-order valence-corrected chi connectivity index (χ1v) is 8.47. The van der Waals surface area contributed by atoms with Crippen molar-refractivity contribution in [1.82, 2.24) is 14.3 Å². The number of aliphatic carboxylic acids is 1. The summed E-state index contributed by atoms with van der Waals surface area (Å²) in [5.41, 5.74) is -0.258. The summed E-state index contributed by atoms with van der Waals surface area (Å²) >= 11 is 0. The zero-order chi connectivity index (χ0) is 17.9. The van der Waals surface area contributed by atoms with E-state index in [4.69, 9.17) is 5.11 Å². The topological polar surface area (TPSA) is 120 Å². The average molecular weight is 351 g/mol. The fourth-order valence-corrected chi connectivity index (χ4v) is 3.32. The zero-order valence-electron chi connectivity index (χ0n) is 13.2. The number of hydrogen-bond donors (Lipinski definition) is 2. The van der Waals surface area contributed by atoms with Crippen molar-refractivity contribution in [3.8, 4) is 0 Å². The Morgan fingerprint density at radius 1 is 1.29 bits per heavy atom. The van der Waals surface area contributed by atoms with Crippen molar-refractivity contribution in [3.63, 3.8) is 0 Å². The van der Waals surface area contributed by atoms with Crippen molar-refractivity contribution in [2.24, 2.45) is 0 Å². The standard InChI is InChI=1S/C15H17N3O5S/c1-10-12(8-14(19)20)15(21)17-13(16-10)9-18(2)24(22,23)11-6-4-3-5-7-11/h3-7H,8-9H2,1-2H3,(H,19,20)(H,16,17,21). The SMILES string of the molecule is Cc1nc(CN(C)S(=O)(=O)c2ccccc2)[nH]c(=O)c1CC(=O)O. The second kappa shape index (κ2) is 6.93. The molecule has 0 aliphatic carbocycles. The lowest BCUT2D eigenvalue weighted by atomic mass is 10.2. The fourth-order valence-electron chi connectivity index (χ4n) is 2.17. The smallest absolute Gasteiger partial charge is 0.308 e. The van der Waals surface area contributed by atoms with Gasteiger partial charge in [0.1, 0.15) is 5.82 Å². The van der Waals surface area contributed by atoms with E-state index in [0.717, 1.165) is 4.31 Å². The van der Waals surface area contributed by atoms with Gasteiger partial charge in [0, 0.05) is 18.3 Å². The van der Waals surface area contributed by atoms with Crippen molar-refractivity contribution in [2.45, 2.75) is 24.8 Å². The Kier molecular flexibility index (Phi) is 5.15. The van der Waals surface area contributed by atoms with Crippen LogP contribution in [-0.4, -0.2) is 40.8 Å². The minimum Gasteiger partial charge on any atom is -0.481 e. The summed E-state index contributed by atoms with van der Waals surface area (Å²) in [7, 11) is -2.34. The van der Waals surface area contributed by atoms with Gasteiger partial charge in [-0.25, -0.2) is 13.4 Å². The van der Waals surface area contributed by atoms with Gasteiger partial charge in [-0.2, -0.15) is 4.31 Å². The number of aromatic amines is 1. The number of aryl methyl sites for hydroxylation is 1. The van der Waals surface area contributed by atoms with Gasteiger partial charge < -0.3 is 10.1 Å². The predicted molar refractivity (Wildman–Crippen MR) is 86.0 cm³/mol. The molecule has 2 N–H and O–H groups in total. The molecule has 24 heavy (non-hydrogen) atoms. The van der Waals surface area contributed by atoms with Crippen LogP contribution in [0.15, 0.2) is 40.0 Å². The third kappa shape index (κ3) is 3.87. The van der Waals surface area contributed by atoms with Gasteiger partial charge in [0.25, 0.3) is 5.56 Å². The van der Waals surface area contributed by atoms with Crippen molar-refractivity contribution in [2.75, 3.05) is 7.05 Å². The summed E-state index contributed by atoms with van der Waals surface area (Å²) in [6.45, 7) is 1.38. The summed E-state index contributed by atoms with van der Waals surface area (Å²) in [4.78, 5) is 29.4. The monoisotopic (exact) mass is 351 g/mol. The Labute approximate surface area is 138 Å². The van der Waals surface area contributed by atoms with Gasteiger partial charge in [-0.1, -0.05) is 18.2 Å². The largest absolute Gasteiger partial charge is 0.481 e. The van der Waals surface area contributed by atoms with E-state index in [-0.39, 0.29) is 28.5 Å². The molecular weight excluding hydrogens is 334 g/mol. The third-order valence-electron chi connectivity index (χ3n) is 3.42. The van der Waals surface area contributed by atoms with Crippen LogP contribution in [0.4, 0.5) is 0 Å². The Balaban J connectivity index is 2.28. The highest BCUT2D eigenvalue weighted by Crippen LogP contribution is 2.15. The molecule has 1 aromatic heterocycles. The van der Waals surface area contributed by atoms with E-state index in [1.165, 1.54) is 26.1 Å². The van der Waals surface area contributed by atoms with E-state index in [1.807, 2.05) is 0 Å². The first-order valence-electron chi connectivity index (χ1n) is 7.03. The molecule has 128 valence electrons. The van der Waals surface area contributed by atoms with E-state index in [0.29, 0.717) is 0 Å². The molecule has 0 saturated carbocycles. The molecule has 0 fully saturated rings. The molecule has 2 rings (SSSR count). The van der Waals surface area contributed by atoms with E-state index in [2.05, 4.69) is 9.97 Å². The van der Waals surface area contributed by atoms with Gasteiger partial charge in [0.2, 0.25) is 10.0 Å². The van der Waals surface area contributed by atoms with E-state index < -0.39 is 28.0 Å². The quantitative estimate of drug-likeness (QED) is 0.783. The molecule has 0 bridgehead atoms. The van der Waals surface area contributed by atoms with Crippen LogP contribution in [0, 0.1) is 6.92 Å². The third-order valence-corrected chi connectivity index (χ3v) is 5.24. The Morgan fingerprint density at radius 2 is 1.92 bits per heavy atom. The van der Waals surface area contributed by atoms with Crippen LogP contribution in [0.25, 0.3) is 0 Å². The Hall–Kier alpha value is -2.52. The maximum absolute atomic E-state index is 12.4. The lowest BCUT2D eigenvalue weighted by Gasteiger charge is -2.17. The normalized spacial score (nSPS) is 11.6. The van der Waals surface area contributed by atoms with Crippen molar-refractivity contribution >= 4 is 16.0 Å². The molecule has 1 heterocycles. The van der Waals surface area contributed by atoms with E-state index in [1.54, 1.807) is 18.2 Å². The molecule has 2 aromatic rings. The second-order valence-electron chi connectivity index (χ2n) is 5.22. The molecule has 0 amide bonds. The summed E-state index contributed by atoms with van der Waals surface area (Å²) in [6.07, 6.45) is -0.438. The van der Waals surface area contributed by atoms with Gasteiger partial charge in [-0.3, -0.25) is 9.59 Å². The van der Waals surface area contributed by atoms with Gasteiger partial charge in [0.05, 0.1) is 17.9 Å². The number of nitrogens with zero attached hydrogens (tertiary/aromatic N) is 2. The molecule has 0 unspecified atom stereocenters. The average Bonchev–Trinajstić information content (AvgIpc) is 2.51. The number of aromatic nitrogens is 2. The molecule has 0 aliphatic heterocycles. The maximum Gasteiger partial charge on any atom is 0.308 e. The molecule has 8 nitrogen and oxygen atoms in total. The minimum atomic E-state index is -3.71. The van der Waals surface area contributed by atoms with E-state index in [9.17, 15) is 18.0 Å². The first kappa shape index (κ1) is 17.8. The van der Waals surface area contributed by atoms with Crippen LogP contribution in [0.1, 0.15) is 17.1 Å². The van der Waals surface area contributed by atoms with Crippen LogP contribution in [0.2, 0.25) is 0 Å². The second-order valence-corrected chi connectivity index (χ2v) is 7.27. The number of carbonyl (C=O) groups is 1. The molecule has 9 heteroatoms. The van der Waals surface area contributed by atoms with Gasteiger partial charge >= 0.3 is 5.97 Å². The van der Waals surface area contributed by atoms with Gasteiger partial charge in [-0.05, 0) is 19.1 Å². The van der Waals surface area contributed by atoms with Crippen LogP contribution in [0.3, 0.4) is 0 Å². The van der Waals surface area contributed by atoms with E-state index >= 15 is 0 Å². The predicted octanol–water partition coefficient (Wildman–Crippen LogP) is 0.526. The molecule has 0 atom stereocenters. The fraction of sp³-hybridized carbons (Fsp3) is 0.267. The van der Waals surface area contributed by atoms with Crippen LogP contribution in [-0.2, 0) is 27.8 Å². The lowest BCUT2D eigenvalue weighted by Crippen LogP contribution is -2.29. The van der Waals surface area contributed by atoms with Crippen LogP contribution >= 0.6 is 0 Å². The molecule has 0 radical (unpaired) electrons. The van der Waals surface area contributed by atoms with Gasteiger partial charge in [0.15, 0.2) is 0 Å². The molecule has 0 aliphatic rings. The van der Waals surface area contributed by atoms with Crippen molar-refractivity contribution < 1.29 is 18.3 Å². The zero-order valence-corrected chi connectivity index (χ0v) is 14.0. The number of sulfonamides is 1. The summed E-state index contributed by atoms with van der Waals surface area (Å²) in [5, 5.41) is 8.80. The Morgan fingerprint density at radius 3 is 2.46 bits per heavy atom. The van der Waals surface area contributed by atoms with Crippen molar-refractivity contribution in [1.29, 1.82) is 0 Å². The minimum absolute atomic E-state index is 0.0554. The summed E-state index contributed by atoms with van der Waals surface area (Å²) < 4.78 is 26.0. The number of hydrogen-bond acceptors (Lipinski definition) is 5. The highest BCUT2D eigenvalue weighted by Gasteiger charge is 2.22. The number of rotatable bonds is 6. The van der Waals surface area contributed by atoms with Crippen molar-refractivity contribution in [3.05, 3.63) is 57.8 Å². The van der Waals surface area contributed by atoms with Crippen LogP contribution < -0.4 is 5.56 Å². The first-order chi connectivity index (χ1) is 11.2. The lowest BCUT2D eigenvalue weighted by molar-refractivity contribution is -0.136. The summed E-state index contributed by atoms with van der Waals surface area (Å²) in [6, 6.07) is 7.90. The number of nitrogens with one attached hydrogen (secondary N) is 1. The molecular formula is C15H17N3O5S. The molecule has 0 spiro atoms. The summed E-state index contributed by atoms with van der Waals surface area (Å²) in [5.74, 6) is -0.990. The Bertz CT molecular complexity index is 906.